The van der Waals surface area contributed by atoms with E-state index in [4.69, 9.17) is 4.52 Å². The molecule has 94 valence electrons. The SMILES string of the molecule is O=C1NCCNC1Cc1nc(-c2ncc[nH]2)no1. The molecule has 2 aromatic heterocycles. The highest BCUT2D eigenvalue weighted by Gasteiger charge is 2.24. The van der Waals surface area contributed by atoms with Crippen molar-refractivity contribution in [2.45, 2.75) is 12.5 Å². The highest BCUT2D eigenvalue weighted by atomic mass is 16.5. The van der Waals surface area contributed by atoms with E-state index in [9.17, 15) is 4.79 Å². The highest BCUT2D eigenvalue weighted by molar-refractivity contribution is 5.82. The minimum Gasteiger partial charge on any atom is -0.353 e. The van der Waals surface area contributed by atoms with Crippen LogP contribution in [0.2, 0.25) is 0 Å². The molecular formula is C10H12N6O2. The molecule has 1 atom stereocenters. The van der Waals surface area contributed by atoms with E-state index in [-0.39, 0.29) is 11.9 Å². The molecule has 1 aliphatic heterocycles. The van der Waals surface area contributed by atoms with Gasteiger partial charge in [-0.1, -0.05) is 5.16 Å². The number of nitrogens with one attached hydrogen (secondary N) is 3. The first-order valence-corrected chi connectivity index (χ1v) is 5.66. The van der Waals surface area contributed by atoms with Gasteiger partial charge in [-0.15, -0.1) is 0 Å². The number of hydrogen-bond acceptors (Lipinski definition) is 6. The van der Waals surface area contributed by atoms with Crippen LogP contribution in [0.15, 0.2) is 16.9 Å². The molecule has 1 saturated heterocycles. The zero-order valence-electron chi connectivity index (χ0n) is 9.51. The summed E-state index contributed by atoms with van der Waals surface area (Å²) in [6.45, 7) is 1.40. The van der Waals surface area contributed by atoms with Crippen LogP contribution in [-0.2, 0) is 11.2 Å². The van der Waals surface area contributed by atoms with E-state index in [1.54, 1.807) is 12.4 Å². The Bertz CT molecular complexity index is 534. The van der Waals surface area contributed by atoms with Crippen molar-refractivity contribution in [3.8, 4) is 11.6 Å². The molecule has 0 spiro atoms. The van der Waals surface area contributed by atoms with Crippen LogP contribution in [0.4, 0.5) is 0 Å². The second kappa shape index (κ2) is 4.57. The predicted molar refractivity (Wildman–Crippen MR) is 60.4 cm³/mol. The second-order valence-electron chi connectivity index (χ2n) is 3.95. The molecule has 8 nitrogen and oxygen atoms in total. The van der Waals surface area contributed by atoms with Gasteiger partial charge in [0.05, 0.1) is 12.5 Å². The lowest BCUT2D eigenvalue weighted by Gasteiger charge is -2.21. The Morgan fingerprint density at radius 3 is 3.17 bits per heavy atom. The standard InChI is InChI=1S/C10H12N6O2/c17-10-6(11-1-4-14-10)5-7-15-9(16-18-7)8-12-2-3-13-8/h2-3,6,11H,1,4-5H2,(H,12,13)(H,14,17). The molecule has 1 aliphatic rings. The summed E-state index contributed by atoms with van der Waals surface area (Å²) in [5.74, 6) is 1.31. The van der Waals surface area contributed by atoms with Gasteiger partial charge in [-0.25, -0.2) is 4.98 Å². The molecular weight excluding hydrogens is 236 g/mol. The van der Waals surface area contributed by atoms with Crippen molar-refractivity contribution in [3.63, 3.8) is 0 Å². The van der Waals surface area contributed by atoms with Crippen LogP contribution in [0.1, 0.15) is 5.89 Å². The molecule has 1 unspecified atom stereocenters. The van der Waals surface area contributed by atoms with Crippen LogP contribution in [-0.4, -0.2) is 45.1 Å². The Labute approximate surface area is 102 Å². The number of hydrogen-bond donors (Lipinski definition) is 3. The molecule has 1 fully saturated rings. The third-order valence-electron chi connectivity index (χ3n) is 2.69. The number of aromatic amines is 1. The number of carbonyl (C=O) groups excluding carboxylic acids is 1. The van der Waals surface area contributed by atoms with E-state index in [1.165, 1.54) is 0 Å². The first-order valence-electron chi connectivity index (χ1n) is 5.66. The van der Waals surface area contributed by atoms with Gasteiger partial charge in [0.2, 0.25) is 17.6 Å². The predicted octanol–water partition coefficient (Wildman–Crippen LogP) is -0.910. The van der Waals surface area contributed by atoms with Crippen LogP contribution >= 0.6 is 0 Å². The number of piperazine rings is 1. The van der Waals surface area contributed by atoms with Gasteiger partial charge in [0.15, 0.2) is 5.82 Å². The normalized spacial score (nSPS) is 19.8. The van der Waals surface area contributed by atoms with Crippen molar-refractivity contribution in [3.05, 3.63) is 18.3 Å². The average molecular weight is 248 g/mol. The fraction of sp³-hybridized carbons (Fsp3) is 0.400. The molecule has 0 saturated carbocycles. The van der Waals surface area contributed by atoms with Gasteiger partial charge in [0.25, 0.3) is 0 Å². The van der Waals surface area contributed by atoms with E-state index in [0.717, 1.165) is 6.54 Å². The van der Waals surface area contributed by atoms with Crippen molar-refractivity contribution in [1.82, 2.24) is 30.7 Å². The number of amides is 1. The molecule has 0 aromatic carbocycles. The fourth-order valence-corrected chi connectivity index (χ4v) is 1.81. The summed E-state index contributed by atoms with van der Waals surface area (Å²) in [5, 5.41) is 9.68. The van der Waals surface area contributed by atoms with E-state index in [1.807, 2.05) is 0 Å². The third-order valence-corrected chi connectivity index (χ3v) is 2.69. The lowest BCUT2D eigenvalue weighted by molar-refractivity contribution is -0.124. The minimum absolute atomic E-state index is 0.0426. The smallest absolute Gasteiger partial charge is 0.238 e. The van der Waals surface area contributed by atoms with E-state index in [2.05, 4.69) is 30.7 Å². The van der Waals surface area contributed by atoms with Gasteiger partial charge >= 0.3 is 0 Å². The molecule has 8 heteroatoms. The number of aromatic nitrogens is 4. The monoisotopic (exact) mass is 248 g/mol. The van der Waals surface area contributed by atoms with Crippen LogP contribution < -0.4 is 10.6 Å². The molecule has 2 aromatic rings. The first-order chi connectivity index (χ1) is 8.83. The van der Waals surface area contributed by atoms with Gasteiger partial charge in [-0.05, 0) is 0 Å². The molecule has 18 heavy (non-hydrogen) atoms. The van der Waals surface area contributed by atoms with Crippen LogP contribution in [0.3, 0.4) is 0 Å². The fourth-order valence-electron chi connectivity index (χ4n) is 1.81. The highest BCUT2D eigenvalue weighted by Crippen LogP contribution is 2.11. The maximum atomic E-state index is 11.6. The van der Waals surface area contributed by atoms with E-state index >= 15 is 0 Å². The Morgan fingerprint density at radius 2 is 2.39 bits per heavy atom. The Morgan fingerprint density at radius 1 is 1.44 bits per heavy atom. The zero-order valence-corrected chi connectivity index (χ0v) is 9.51. The third kappa shape index (κ3) is 2.09. The van der Waals surface area contributed by atoms with Crippen molar-refractivity contribution in [2.75, 3.05) is 13.1 Å². The number of rotatable bonds is 3. The molecule has 1 amide bonds. The Balaban J connectivity index is 1.72. The summed E-state index contributed by atoms with van der Waals surface area (Å²) < 4.78 is 5.10. The van der Waals surface area contributed by atoms with Crippen molar-refractivity contribution in [1.29, 1.82) is 0 Å². The van der Waals surface area contributed by atoms with Gasteiger partial charge < -0.3 is 20.1 Å². The summed E-state index contributed by atoms with van der Waals surface area (Å²) in [6.07, 6.45) is 3.67. The minimum atomic E-state index is -0.316. The summed E-state index contributed by atoms with van der Waals surface area (Å²) in [7, 11) is 0. The van der Waals surface area contributed by atoms with Crippen LogP contribution in [0, 0.1) is 0 Å². The number of imidazole rings is 1. The molecule has 0 radical (unpaired) electrons. The van der Waals surface area contributed by atoms with Crippen molar-refractivity contribution in [2.24, 2.45) is 0 Å². The van der Waals surface area contributed by atoms with E-state index in [0.29, 0.717) is 30.5 Å². The lowest BCUT2D eigenvalue weighted by Crippen LogP contribution is -2.53. The molecule has 0 aliphatic carbocycles. The largest absolute Gasteiger partial charge is 0.353 e. The van der Waals surface area contributed by atoms with Crippen LogP contribution in [0.5, 0.6) is 0 Å². The van der Waals surface area contributed by atoms with Gasteiger partial charge in [0.1, 0.15) is 0 Å². The van der Waals surface area contributed by atoms with E-state index < -0.39 is 0 Å². The topological polar surface area (TPSA) is 109 Å². The summed E-state index contributed by atoms with van der Waals surface area (Å²) in [6, 6.07) is -0.316. The maximum absolute atomic E-state index is 11.6. The van der Waals surface area contributed by atoms with Crippen molar-refractivity contribution >= 4 is 5.91 Å². The Hall–Kier alpha value is -2.22. The summed E-state index contributed by atoms with van der Waals surface area (Å²) in [5.41, 5.74) is 0. The lowest BCUT2D eigenvalue weighted by atomic mass is 10.1. The number of carbonyl (C=O) groups is 1. The van der Waals surface area contributed by atoms with Gasteiger partial charge in [-0.3, -0.25) is 4.79 Å². The number of nitrogens with zero attached hydrogens (tertiary/aromatic N) is 3. The van der Waals surface area contributed by atoms with Gasteiger partial charge in [0, 0.05) is 25.5 Å². The molecule has 3 N–H and O–H groups in total. The Kier molecular flexibility index (Phi) is 2.77. The van der Waals surface area contributed by atoms with Gasteiger partial charge in [-0.2, -0.15) is 4.98 Å². The number of H-pyrrole nitrogens is 1. The summed E-state index contributed by atoms with van der Waals surface area (Å²) in [4.78, 5) is 22.7. The zero-order chi connectivity index (χ0) is 12.4. The first kappa shape index (κ1) is 10.9. The quantitative estimate of drug-likeness (QED) is 0.649. The van der Waals surface area contributed by atoms with Crippen molar-refractivity contribution < 1.29 is 9.32 Å². The molecule has 0 bridgehead atoms. The second-order valence-corrected chi connectivity index (χ2v) is 3.95. The maximum Gasteiger partial charge on any atom is 0.238 e. The molecule has 3 heterocycles. The summed E-state index contributed by atoms with van der Waals surface area (Å²) >= 11 is 0. The molecule has 3 rings (SSSR count). The van der Waals surface area contributed by atoms with Crippen LogP contribution in [0.25, 0.3) is 11.6 Å². The average Bonchev–Trinajstić information content (AvgIpc) is 3.02.